The summed E-state index contributed by atoms with van der Waals surface area (Å²) in [6, 6.07) is 9.74. The van der Waals surface area contributed by atoms with Crippen LogP contribution in [0.3, 0.4) is 0 Å². The molecule has 0 aliphatic heterocycles. The summed E-state index contributed by atoms with van der Waals surface area (Å²) >= 11 is 0. The molecule has 2 heteroatoms. The number of unbranched alkanes of at least 4 members (excludes halogenated alkanes) is 2. The van der Waals surface area contributed by atoms with Gasteiger partial charge in [-0.1, -0.05) is 38.0 Å². The number of aromatic amines is 1. The monoisotopic (exact) mass is 215 g/mol. The van der Waals surface area contributed by atoms with Gasteiger partial charge < -0.3 is 4.98 Å². The third kappa shape index (κ3) is 2.32. The standard InChI is InChI=1S/C14H17NO/c1-2-3-4-7-11-10-14(16)15-13-9-6-5-8-12(11)13/h5-6,8-10H,2-4,7H2,1H3,(H,15,16). The Hall–Kier alpha value is -1.57. The maximum absolute atomic E-state index is 11.5. The van der Waals surface area contributed by atoms with E-state index in [1.165, 1.54) is 23.8 Å². The predicted octanol–water partition coefficient (Wildman–Crippen LogP) is 3.26. The quantitative estimate of drug-likeness (QED) is 0.780. The van der Waals surface area contributed by atoms with Gasteiger partial charge in [0.05, 0.1) is 0 Å². The topological polar surface area (TPSA) is 32.9 Å². The van der Waals surface area contributed by atoms with E-state index < -0.39 is 0 Å². The van der Waals surface area contributed by atoms with Crippen molar-refractivity contribution in [2.75, 3.05) is 0 Å². The van der Waals surface area contributed by atoms with Crippen LogP contribution in [0.25, 0.3) is 10.9 Å². The van der Waals surface area contributed by atoms with Crippen LogP contribution in [0, 0.1) is 0 Å². The minimum Gasteiger partial charge on any atom is -0.322 e. The Bertz CT molecular complexity index is 527. The second-order valence-electron chi connectivity index (χ2n) is 4.16. The number of para-hydroxylation sites is 1. The summed E-state index contributed by atoms with van der Waals surface area (Å²) in [5.41, 5.74) is 2.12. The van der Waals surface area contributed by atoms with Crippen molar-refractivity contribution in [2.24, 2.45) is 0 Å². The number of aromatic nitrogens is 1. The van der Waals surface area contributed by atoms with Crippen LogP contribution in [-0.2, 0) is 6.42 Å². The zero-order valence-corrected chi connectivity index (χ0v) is 9.62. The van der Waals surface area contributed by atoms with Crippen LogP contribution in [0.4, 0.5) is 0 Å². The molecular formula is C14H17NO. The summed E-state index contributed by atoms with van der Waals surface area (Å²) in [5.74, 6) is 0. The van der Waals surface area contributed by atoms with Gasteiger partial charge >= 0.3 is 0 Å². The molecule has 2 rings (SSSR count). The summed E-state index contributed by atoms with van der Waals surface area (Å²) in [6.07, 6.45) is 4.59. The number of hydrogen-bond acceptors (Lipinski definition) is 1. The molecule has 0 spiro atoms. The zero-order chi connectivity index (χ0) is 11.4. The molecule has 0 amide bonds. The van der Waals surface area contributed by atoms with Gasteiger partial charge in [-0.2, -0.15) is 0 Å². The van der Waals surface area contributed by atoms with Gasteiger partial charge in [0.15, 0.2) is 0 Å². The summed E-state index contributed by atoms with van der Waals surface area (Å²) in [5, 5.41) is 1.18. The molecule has 16 heavy (non-hydrogen) atoms. The Labute approximate surface area is 95.3 Å². The van der Waals surface area contributed by atoms with Crippen molar-refractivity contribution in [3.8, 4) is 0 Å². The third-order valence-electron chi connectivity index (χ3n) is 2.89. The molecule has 0 atom stereocenters. The van der Waals surface area contributed by atoms with Crippen LogP contribution in [0.2, 0.25) is 0 Å². The zero-order valence-electron chi connectivity index (χ0n) is 9.62. The van der Waals surface area contributed by atoms with Crippen molar-refractivity contribution >= 4 is 10.9 Å². The van der Waals surface area contributed by atoms with Crippen LogP contribution < -0.4 is 5.56 Å². The predicted molar refractivity (Wildman–Crippen MR) is 67.8 cm³/mol. The van der Waals surface area contributed by atoms with Crippen LogP contribution in [0.1, 0.15) is 31.7 Å². The fraction of sp³-hybridized carbons (Fsp3) is 0.357. The molecule has 84 valence electrons. The van der Waals surface area contributed by atoms with E-state index in [-0.39, 0.29) is 5.56 Å². The highest BCUT2D eigenvalue weighted by Crippen LogP contribution is 2.16. The molecule has 0 saturated heterocycles. The van der Waals surface area contributed by atoms with Gasteiger partial charge in [-0.3, -0.25) is 4.79 Å². The van der Waals surface area contributed by atoms with Crippen molar-refractivity contribution in [3.05, 3.63) is 46.2 Å². The average Bonchev–Trinajstić information content (AvgIpc) is 2.29. The molecule has 0 aliphatic carbocycles. The van der Waals surface area contributed by atoms with E-state index in [2.05, 4.69) is 18.0 Å². The number of H-pyrrole nitrogens is 1. The number of rotatable bonds is 4. The van der Waals surface area contributed by atoms with Crippen LogP contribution in [0.15, 0.2) is 35.1 Å². The average molecular weight is 215 g/mol. The van der Waals surface area contributed by atoms with Crippen LogP contribution in [-0.4, -0.2) is 4.98 Å². The lowest BCUT2D eigenvalue weighted by molar-refractivity contribution is 0.719. The number of hydrogen-bond donors (Lipinski definition) is 1. The van der Waals surface area contributed by atoms with Gasteiger partial charge in [0.2, 0.25) is 5.56 Å². The van der Waals surface area contributed by atoms with E-state index in [0.717, 1.165) is 18.4 Å². The number of aryl methyl sites for hydroxylation is 1. The van der Waals surface area contributed by atoms with E-state index in [4.69, 9.17) is 0 Å². The number of nitrogens with one attached hydrogen (secondary N) is 1. The van der Waals surface area contributed by atoms with E-state index in [1.807, 2.05) is 18.2 Å². The van der Waals surface area contributed by atoms with Crippen molar-refractivity contribution in [1.82, 2.24) is 4.98 Å². The lowest BCUT2D eigenvalue weighted by Gasteiger charge is -2.05. The molecule has 0 radical (unpaired) electrons. The minimum absolute atomic E-state index is 0.00481. The Morgan fingerprint density at radius 1 is 1.19 bits per heavy atom. The molecule has 0 fully saturated rings. The number of pyridine rings is 1. The second kappa shape index (κ2) is 4.97. The molecule has 1 aromatic carbocycles. The van der Waals surface area contributed by atoms with Crippen molar-refractivity contribution in [3.63, 3.8) is 0 Å². The number of benzene rings is 1. The molecule has 1 heterocycles. The van der Waals surface area contributed by atoms with E-state index >= 15 is 0 Å². The maximum Gasteiger partial charge on any atom is 0.248 e. The van der Waals surface area contributed by atoms with E-state index in [1.54, 1.807) is 6.07 Å². The van der Waals surface area contributed by atoms with Gasteiger partial charge in [-0.25, -0.2) is 0 Å². The first-order chi connectivity index (χ1) is 7.81. The van der Waals surface area contributed by atoms with Crippen molar-refractivity contribution in [2.45, 2.75) is 32.6 Å². The number of fused-ring (bicyclic) bond motifs is 1. The molecule has 1 aromatic heterocycles. The summed E-state index contributed by atoms with van der Waals surface area (Å²) in [7, 11) is 0. The largest absolute Gasteiger partial charge is 0.322 e. The second-order valence-corrected chi connectivity index (χ2v) is 4.16. The van der Waals surface area contributed by atoms with Gasteiger partial charge in [-0.05, 0) is 24.5 Å². The first kappa shape index (κ1) is 10.9. The Morgan fingerprint density at radius 2 is 2.00 bits per heavy atom. The Kier molecular flexibility index (Phi) is 3.40. The van der Waals surface area contributed by atoms with Gasteiger partial charge in [0.1, 0.15) is 0 Å². The van der Waals surface area contributed by atoms with Crippen molar-refractivity contribution < 1.29 is 0 Å². The summed E-state index contributed by atoms with van der Waals surface area (Å²) in [4.78, 5) is 14.3. The molecule has 0 saturated carbocycles. The highest BCUT2D eigenvalue weighted by atomic mass is 16.1. The van der Waals surface area contributed by atoms with Gasteiger partial charge in [0, 0.05) is 17.0 Å². The Balaban J connectivity index is 2.38. The fourth-order valence-electron chi connectivity index (χ4n) is 2.05. The molecule has 0 aliphatic rings. The highest BCUT2D eigenvalue weighted by molar-refractivity contribution is 5.81. The summed E-state index contributed by atoms with van der Waals surface area (Å²) < 4.78 is 0. The van der Waals surface area contributed by atoms with E-state index in [9.17, 15) is 4.79 Å². The smallest absolute Gasteiger partial charge is 0.248 e. The normalized spacial score (nSPS) is 10.8. The molecular weight excluding hydrogens is 198 g/mol. The molecule has 0 unspecified atom stereocenters. The summed E-state index contributed by atoms with van der Waals surface area (Å²) in [6.45, 7) is 2.19. The highest BCUT2D eigenvalue weighted by Gasteiger charge is 2.02. The maximum atomic E-state index is 11.5. The van der Waals surface area contributed by atoms with E-state index in [0.29, 0.717) is 0 Å². The minimum atomic E-state index is 0.00481. The lowest BCUT2D eigenvalue weighted by atomic mass is 10.0. The SMILES string of the molecule is CCCCCc1cc(=O)[nH]c2ccccc12. The molecule has 2 nitrogen and oxygen atoms in total. The third-order valence-corrected chi connectivity index (χ3v) is 2.89. The lowest BCUT2D eigenvalue weighted by Crippen LogP contribution is -2.06. The van der Waals surface area contributed by atoms with Crippen LogP contribution in [0.5, 0.6) is 0 Å². The van der Waals surface area contributed by atoms with Crippen LogP contribution >= 0.6 is 0 Å². The fourth-order valence-corrected chi connectivity index (χ4v) is 2.05. The van der Waals surface area contributed by atoms with Crippen molar-refractivity contribution in [1.29, 1.82) is 0 Å². The Morgan fingerprint density at radius 3 is 2.81 bits per heavy atom. The molecule has 1 N–H and O–H groups in total. The first-order valence-electron chi connectivity index (χ1n) is 5.92. The first-order valence-corrected chi connectivity index (χ1v) is 5.92. The molecule has 0 bridgehead atoms. The molecule has 2 aromatic rings. The van der Waals surface area contributed by atoms with Gasteiger partial charge in [-0.15, -0.1) is 0 Å². The van der Waals surface area contributed by atoms with Gasteiger partial charge in [0.25, 0.3) is 0 Å².